The van der Waals surface area contributed by atoms with Crippen molar-refractivity contribution in [3.05, 3.63) is 29.3 Å². The molecular formula is C17H24N2S. The van der Waals surface area contributed by atoms with E-state index in [1.807, 2.05) is 11.3 Å². The first kappa shape index (κ1) is 14.0. The van der Waals surface area contributed by atoms with Gasteiger partial charge >= 0.3 is 0 Å². The maximum Gasteiger partial charge on any atom is 0.0954 e. The summed E-state index contributed by atoms with van der Waals surface area (Å²) >= 11 is 1.86. The molecule has 1 aliphatic rings. The van der Waals surface area contributed by atoms with E-state index in [-0.39, 0.29) is 0 Å². The van der Waals surface area contributed by atoms with Crippen molar-refractivity contribution in [1.82, 2.24) is 10.3 Å². The van der Waals surface area contributed by atoms with Crippen molar-refractivity contribution < 1.29 is 0 Å². The van der Waals surface area contributed by atoms with Crippen LogP contribution in [0.4, 0.5) is 0 Å². The Morgan fingerprint density at radius 1 is 1.20 bits per heavy atom. The Hall–Kier alpha value is -0.930. The van der Waals surface area contributed by atoms with Gasteiger partial charge in [0.2, 0.25) is 0 Å². The molecule has 3 heteroatoms. The second-order valence-electron chi connectivity index (χ2n) is 5.93. The smallest absolute Gasteiger partial charge is 0.0954 e. The fourth-order valence-electron chi connectivity index (χ4n) is 3.41. The fourth-order valence-corrected chi connectivity index (χ4v) is 4.44. The molecule has 1 heterocycles. The van der Waals surface area contributed by atoms with Gasteiger partial charge in [-0.05, 0) is 37.9 Å². The zero-order chi connectivity index (χ0) is 13.8. The maximum atomic E-state index is 4.80. The quantitative estimate of drug-likeness (QED) is 0.844. The number of fused-ring (bicyclic) bond motifs is 1. The highest BCUT2D eigenvalue weighted by molar-refractivity contribution is 7.18. The third-order valence-electron chi connectivity index (χ3n) is 4.57. The van der Waals surface area contributed by atoms with Crippen LogP contribution in [0.3, 0.4) is 0 Å². The maximum absolute atomic E-state index is 4.80. The van der Waals surface area contributed by atoms with Crippen LogP contribution in [0, 0.1) is 5.92 Å². The molecular weight excluding hydrogens is 264 g/mol. The van der Waals surface area contributed by atoms with E-state index < -0.39 is 0 Å². The van der Waals surface area contributed by atoms with Crippen molar-refractivity contribution in [2.45, 2.75) is 51.0 Å². The Labute approximate surface area is 125 Å². The highest BCUT2D eigenvalue weighted by Crippen LogP contribution is 2.29. The minimum Gasteiger partial charge on any atom is -0.316 e. The van der Waals surface area contributed by atoms with E-state index >= 15 is 0 Å². The average Bonchev–Trinajstić information content (AvgIpc) is 2.69. The van der Waals surface area contributed by atoms with Crippen LogP contribution in [0.1, 0.15) is 43.5 Å². The molecule has 1 atom stereocenters. The highest BCUT2D eigenvalue weighted by Gasteiger charge is 2.22. The van der Waals surface area contributed by atoms with Crippen LogP contribution in [0.2, 0.25) is 0 Å². The monoisotopic (exact) mass is 288 g/mol. The number of nitrogens with one attached hydrogen (secondary N) is 1. The number of para-hydroxylation sites is 1. The van der Waals surface area contributed by atoms with E-state index in [4.69, 9.17) is 4.98 Å². The highest BCUT2D eigenvalue weighted by atomic mass is 32.1. The lowest BCUT2D eigenvalue weighted by molar-refractivity contribution is 0.332. The van der Waals surface area contributed by atoms with Gasteiger partial charge in [0.05, 0.1) is 15.2 Å². The number of hydrogen-bond acceptors (Lipinski definition) is 3. The van der Waals surface area contributed by atoms with Gasteiger partial charge in [-0.2, -0.15) is 0 Å². The summed E-state index contributed by atoms with van der Waals surface area (Å²) in [6.07, 6.45) is 9.51. The van der Waals surface area contributed by atoms with Crippen LogP contribution < -0.4 is 5.32 Å². The fraction of sp³-hybridized carbons (Fsp3) is 0.588. The molecule has 2 nitrogen and oxygen atoms in total. The molecule has 1 fully saturated rings. The topological polar surface area (TPSA) is 24.9 Å². The Kier molecular flexibility index (Phi) is 4.69. The van der Waals surface area contributed by atoms with Crippen molar-refractivity contribution in [1.29, 1.82) is 0 Å². The minimum absolute atomic E-state index is 0.591. The largest absolute Gasteiger partial charge is 0.316 e. The number of rotatable bonds is 4. The van der Waals surface area contributed by atoms with Crippen LogP contribution >= 0.6 is 11.3 Å². The predicted octanol–water partition coefficient (Wildman–Crippen LogP) is 4.40. The second kappa shape index (κ2) is 6.68. The first-order chi connectivity index (χ1) is 9.86. The lowest BCUT2D eigenvalue weighted by Gasteiger charge is -2.25. The molecule has 0 bridgehead atoms. The molecule has 1 aromatic carbocycles. The second-order valence-corrected chi connectivity index (χ2v) is 7.04. The number of likely N-dealkylation sites (N-methyl/N-ethyl adjacent to an activating group) is 1. The van der Waals surface area contributed by atoms with Gasteiger partial charge in [0.1, 0.15) is 0 Å². The van der Waals surface area contributed by atoms with E-state index in [2.05, 4.69) is 36.6 Å². The standard InChI is InChI=1S/C17H24N2S/c1-18-15(13-8-4-2-3-5-9-13)12-17-19-14-10-6-7-11-16(14)20-17/h6-7,10-11,13,15,18H,2-5,8-9,12H2,1H3. The molecule has 0 amide bonds. The molecule has 1 aromatic heterocycles. The summed E-state index contributed by atoms with van der Waals surface area (Å²) in [6, 6.07) is 9.07. The third kappa shape index (κ3) is 3.21. The molecule has 1 unspecified atom stereocenters. The Bertz CT molecular complexity index is 508. The van der Waals surface area contributed by atoms with E-state index in [0.717, 1.165) is 17.9 Å². The third-order valence-corrected chi connectivity index (χ3v) is 5.63. The predicted molar refractivity (Wildman–Crippen MR) is 87.4 cm³/mol. The zero-order valence-electron chi connectivity index (χ0n) is 12.3. The summed E-state index contributed by atoms with van der Waals surface area (Å²) in [5.74, 6) is 0.828. The van der Waals surface area contributed by atoms with Gasteiger partial charge in [0.25, 0.3) is 0 Å². The molecule has 3 rings (SSSR count). The van der Waals surface area contributed by atoms with Crippen molar-refractivity contribution in [2.75, 3.05) is 7.05 Å². The number of aromatic nitrogens is 1. The summed E-state index contributed by atoms with van der Waals surface area (Å²) in [4.78, 5) is 4.80. The number of thiazole rings is 1. The number of benzene rings is 1. The molecule has 0 saturated heterocycles. The molecule has 0 aliphatic heterocycles. The molecule has 108 valence electrons. The molecule has 1 saturated carbocycles. The molecule has 1 aliphatic carbocycles. The van der Waals surface area contributed by atoms with Gasteiger partial charge in [0, 0.05) is 12.5 Å². The van der Waals surface area contributed by atoms with Crippen molar-refractivity contribution in [3.8, 4) is 0 Å². The molecule has 2 aromatic rings. The molecule has 0 spiro atoms. The zero-order valence-corrected chi connectivity index (χ0v) is 13.1. The van der Waals surface area contributed by atoms with Crippen molar-refractivity contribution in [3.63, 3.8) is 0 Å². The van der Waals surface area contributed by atoms with E-state index in [1.165, 1.54) is 48.2 Å². The first-order valence-corrected chi connectivity index (χ1v) is 8.70. The Morgan fingerprint density at radius 3 is 2.65 bits per heavy atom. The Morgan fingerprint density at radius 2 is 1.95 bits per heavy atom. The summed E-state index contributed by atoms with van der Waals surface area (Å²) in [7, 11) is 2.11. The van der Waals surface area contributed by atoms with Gasteiger partial charge in [0.15, 0.2) is 0 Å². The SMILES string of the molecule is CNC(Cc1nc2ccccc2s1)C1CCCCCC1. The number of hydrogen-bond donors (Lipinski definition) is 1. The minimum atomic E-state index is 0.591. The van der Waals surface area contributed by atoms with Gasteiger partial charge in [-0.15, -0.1) is 11.3 Å². The lowest BCUT2D eigenvalue weighted by Crippen LogP contribution is -2.35. The summed E-state index contributed by atoms with van der Waals surface area (Å²) in [6.45, 7) is 0. The average molecular weight is 288 g/mol. The van der Waals surface area contributed by atoms with Crippen molar-refractivity contribution >= 4 is 21.6 Å². The first-order valence-electron chi connectivity index (χ1n) is 7.88. The Balaban J connectivity index is 1.73. The van der Waals surface area contributed by atoms with Crippen LogP contribution in [0.5, 0.6) is 0 Å². The van der Waals surface area contributed by atoms with Crippen LogP contribution in [-0.4, -0.2) is 18.1 Å². The summed E-state index contributed by atoms with van der Waals surface area (Å²) < 4.78 is 1.32. The van der Waals surface area contributed by atoms with Gasteiger partial charge < -0.3 is 5.32 Å². The normalized spacial score (nSPS) is 19.1. The van der Waals surface area contributed by atoms with E-state index in [9.17, 15) is 0 Å². The van der Waals surface area contributed by atoms with Crippen LogP contribution in [-0.2, 0) is 6.42 Å². The van der Waals surface area contributed by atoms with E-state index in [0.29, 0.717) is 6.04 Å². The van der Waals surface area contributed by atoms with E-state index in [1.54, 1.807) is 0 Å². The molecule has 0 radical (unpaired) electrons. The van der Waals surface area contributed by atoms with Gasteiger partial charge in [-0.25, -0.2) is 4.98 Å². The summed E-state index contributed by atoms with van der Waals surface area (Å²) in [5, 5.41) is 4.85. The van der Waals surface area contributed by atoms with Crippen LogP contribution in [0.15, 0.2) is 24.3 Å². The van der Waals surface area contributed by atoms with Gasteiger partial charge in [-0.3, -0.25) is 0 Å². The molecule has 1 N–H and O–H groups in total. The molecule has 20 heavy (non-hydrogen) atoms. The number of nitrogens with zero attached hydrogens (tertiary/aromatic N) is 1. The van der Waals surface area contributed by atoms with Gasteiger partial charge in [-0.1, -0.05) is 37.8 Å². The lowest BCUT2D eigenvalue weighted by atomic mass is 9.90. The van der Waals surface area contributed by atoms with Crippen molar-refractivity contribution in [2.24, 2.45) is 5.92 Å². The summed E-state index contributed by atoms with van der Waals surface area (Å²) in [5.41, 5.74) is 1.16. The van der Waals surface area contributed by atoms with Crippen LogP contribution in [0.25, 0.3) is 10.2 Å².